The predicted octanol–water partition coefficient (Wildman–Crippen LogP) is 2.92. The number of aromatic nitrogens is 1. The van der Waals surface area contributed by atoms with Crippen LogP contribution in [0.2, 0.25) is 5.02 Å². The first-order valence-electron chi connectivity index (χ1n) is 5.04. The van der Waals surface area contributed by atoms with Gasteiger partial charge in [0, 0.05) is 17.0 Å². The van der Waals surface area contributed by atoms with Gasteiger partial charge in [0.05, 0.1) is 12.3 Å². The predicted molar refractivity (Wildman–Crippen MR) is 62.3 cm³/mol. The Kier molecular flexibility index (Phi) is 3.27. The van der Waals surface area contributed by atoms with Gasteiger partial charge in [0.15, 0.2) is 0 Å². The van der Waals surface area contributed by atoms with Crippen LogP contribution in [0.25, 0.3) is 11.5 Å². The fourth-order valence-corrected chi connectivity index (χ4v) is 1.54. The van der Waals surface area contributed by atoms with Crippen molar-refractivity contribution in [1.29, 1.82) is 0 Å². The minimum Gasteiger partial charge on any atom is -0.441 e. The highest BCUT2D eigenvalue weighted by molar-refractivity contribution is 6.30. The molecule has 0 aliphatic rings. The summed E-state index contributed by atoms with van der Waals surface area (Å²) in [6, 6.07) is 7.27. The average Bonchev–Trinajstić information content (AvgIpc) is 2.66. The summed E-state index contributed by atoms with van der Waals surface area (Å²) in [5, 5.41) is 9.90. The first-order chi connectivity index (χ1) is 7.65. The van der Waals surface area contributed by atoms with E-state index in [1.54, 1.807) is 25.3 Å². The third-order valence-electron chi connectivity index (χ3n) is 2.14. The molecule has 0 bridgehead atoms. The van der Waals surface area contributed by atoms with Crippen molar-refractivity contribution in [1.82, 2.24) is 4.98 Å². The zero-order valence-corrected chi connectivity index (χ0v) is 9.61. The Bertz CT molecular complexity index is 462. The van der Waals surface area contributed by atoms with Gasteiger partial charge in [-0.05, 0) is 31.2 Å². The Morgan fingerprint density at radius 2 is 2.06 bits per heavy atom. The number of aliphatic hydroxyl groups is 1. The third kappa shape index (κ3) is 2.62. The molecular formula is C12H12ClNO2. The molecule has 2 aromatic rings. The number of hydrogen-bond acceptors (Lipinski definition) is 3. The number of hydrogen-bond donors (Lipinski definition) is 1. The lowest BCUT2D eigenvalue weighted by Gasteiger charge is -1.99. The molecule has 0 amide bonds. The molecule has 1 unspecified atom stereocenters. The van der Waals surface area contributed by atoms with Crippen molar-refractivity contribution in [2.75, 3.05) is 0 Å². The van der Waals surface area contributed by atoms with E-state index in [9.17, 15) is 5.11 Å². The van der Waals surface area contributed by atoms with Crippen LogP contribution >= 0.6 is 11.6 Å². The normalized spacial score (nSPS) is 12.7. The SMILES string of the molecule is CC(O)Cc1cnc(-c2ccc(Cl)cc2)o1. The van der Waals surface area contributed by atoms with Crippen molar-refractivity contribution in [2.24, 2.45) is 0 Å². The summed E-state index contributed by atoms with van der Waals surface area (Å²) in [5.41, 5.74) is 0.876. The van der Waals surface area contributed by atoms with Crippen LogP contribution in [-0.2, 0) is 6.42 Å². The molecule has 0 saturated heterocycles. The summed E-state index contributed by atoms with van der Waals surface area (Å²) < 4.78 is 5.51. The van der Waals surface area contributed by atoms with Crippen LogP contribution in [0.3, 0.4) is 0 Å². The molecule has 0 fully saturated rings. The number of nitrogens with zero attached hydrogens (tertiary/aromatic N) is 1. The monoisotopic (exact) mass is 237 g/mol. The first kappa shape index (κ1) is 11.2. The quantitative estimate of drug-likeness (QED) is 0.893. The lowest BCUT2D eigenvalue weighted by molar-refractivity contribution is 0.187. The van der Waals surface area contributed by atoms with E-state index in [1.807, 2.05) is 12.1 Å². The minimum atomic E-state index is -0.425. The van der Waals surface area contributed by atoms with E-state index < -0.39 is 6.10 Å². The van der Waals surface area contributed by atoms with Crippen LogP contribution in [0.15, 0.2) is 34.9 Å². The van der Waals surface area contributed by atoms with Gasteiger partial charge in [0.2, 0.25) is 5.89 Å². The van der Waals surface area contributed by atoms with Crippen LogP contribution in [0.5, 0.6) is 0 Å². The van der Waals surface area contributed by atoms with Crippen molar-refractivity contribution in [3.63, 3.8) is 0 Å². The van der Waals surface area contributed by atoms with E-state index in [2.05, 4.69) is 4.98 Å². The summed E-state index contributed by atoms with van der Waals surface area (Å²) in [5.74, 6) is 1.23. The number of benzene rings is 1. The lowest BCUT2D eigenvalue weighted by atomic mass is 10.2. The maximum absolute atomic E-state index is 9.22. The number of aliphatic hydroxyl groups excluding tert-OH is 1. The van der Waals surface area contributed by atoms with Crippen LogP contribution in [0.4, 0.5) is 0 Å². The molecule has 16 heavy (non-hydrogen) atoms. The Balaban J connectivity index is 2.21. The van der Waals surface area contributed by atoms with E-state index in [4.69, 9.17) is 16.0 Å². The summed E-state index contributed by atoms with van der Waals surface area (Å²) in [6.45, 7) is 1.71. The van der Waals surface area contributed by atoms with Gasteiger partial charge in [0.1, 0.15) is 5.76 Å². The number of halogens is 1. The summed E-state index contributed by atoms with van der Waals surface area (Å²) in [6.07, 6.45) is 1.68. The molecule has 0 saturated carbocycles. The number of oxazole rings is 1. The second-order valence-corrected chi connectivity index (χ2v) is 4.13. The van der Waals surface area contributed by atoms with Gasteiger partial charge in [-0.15, -0.1) is 0 Å². The third-order valence-corrected chi connectivity index (χ3v) is 2.39. The van der Waals surface area contributed by atoms with Crippen molar-refractivity contribution in [3.05, 3.63) is 41.2 Å². The number of rotatable bonds is 3. The summed E-state index contributed by atoms with van der Waals surface area (Å²) in [4.78, 5) is 4.15. The molecule has 0 aliphatic heterocycles. The molecule has 84 valence electrons. The Labute approximate surface area is 98.7 Å². The van der Waals surface area contributed by atoms with Gasteiger partial charge in [-0.2, -0.15) is 0 Å². The molecule has 0 aliphatic carbocycles. The van der Waals surface area contributed by atoms with Gasteiger partial charge >= 0.3 is 0 Å². The maximum Gasteiger partial charge on any atom is 0.226 e. The van der Waals surface area contributed by atoms with E-state index in [1.165, 1.54) is 0 Å². The van der Waals surface area contributed by atoms with Crippen molar-refractivity contribution in [2.45, 2.75) is 19.4 Å². The smallest absolute Gasteiger partial charge is 0.226 e. The molecule has 0 spiro atoms. The highest BCUT2D eigenvalue weighted by atomic mass is 35.5. The zero-order valence-electron chi connectivity index (χ0n) is 8.85. The summed E-state index contributed by atoms with van der Waals surface area (Å²) in [7, 11) is 0. The maximum atomic E-state index is 9.22. The molecule has 0 radical (unpaired) electrons. The van der Waals surface area contributed by atoms with Crippen LogP contribution < -0.4 is 0 Å². The second-order valence-electron chi connectivity index (χ2n) is 3.69. The van der Waals surface area contributed by atoms with Crippen molar-refractivity contribution >= 4 is 11.6 Å². The van der Waals surface area contributed by atoms with E-state index in [0.29, 0.717) is 23.1 Å². The lowest BCUT2D eigenvalue weighted by Crippen LogP contribution is -2.02. The van der Waals surface area contributed by atoms with Crippen LogP contribution in [0, 0.1) is 0 Å². The Morgan fingerprint density at radius 3 is 2.69 bits per heavy atom. The highest BCUT2D eigenvalue weighted by Crippen LogP contribution is 2.21. The molecule has 1 N–H and O–H groups in total. The molecule has 1 atom stereocenters. The molecule has 1 heterocycles. The largest absolute Gasteiger partial charge is 0.441 e. The van der Waals surface area contributed by atoms with Crippen molar-refractivity contribution < 1.29 is 9.52 Å². The summed E-state index contributed by atoms with van der Waals surface area (Å²) >= 11 is 5.79. The fourth-order valence-electron chi connectivity index (χ4n) is 1.42. The van der Waals surface area contributed by atoms with E-state index >= 15 is 0 Å². The second kappa shape index (κ2) is 4.68. The van der Waals surface area contributed by atoms with Crippen molar-refractivity contribution in [3.8, 4) is 11.5 Å². The van der Waals surface area contributed by atoms with E-state index in [-0.39, 0.29) is 0 Å². The van der Waals surface area contributed by atoms with Crippen LogP contribution in [0.1, 0.15) is 12.7 Å². The minimum absolute atomic E-state index is 0.425. The molecular weight excluding hydrogens is 226 g/mol. The fraction of sp³-hybridized carbons (Fsp3) is 0.250. The van der Waals surface area contributed by atoms with Gasteiger partial charge in [-0.25, -0.2) is 4.98 Å². The van der Waals surface area contributed by atoms with Crippen LogP contribution in [-0.4, -0.2) is 16.2 Å². The first-order valence-corrected chi connectivity index (χ1v) is 5.41. The highest BCUT2D eigenvalue weighted by Gasteiger charge is 2.08. The topological polar surface area (TPSA) is 46.3 Å². The molecule has 2 rings (SSSR count). The van der Waals surface area contributed by atoms with Gasteiger partial charge in [-0.3, -0.25) is 0 Å². The van der Waals surface area contributed by atoms with E-state index in [0.717, 1.165) is 5.56 Å². The Morgan fingerprint density at radius 1 is 1.38 bits per heavy atom. The Hall–Kier alpha value is -1.32. The molecule has 1 aromatic heterocycles. The average molecular weight is 238 g/mol. The van der Waals surface area contributed by atoms with Gasteiger partial charge in [-0.1, -0.05) is 11.6 Å². The molecule has 4 heteroatoms. The molecule has 3 nitrogen and oxygen atoms in total. The van der Waals surface area contributed by atoms with Gasteiger partial charge in [0.25, 0.3) is 0 Å². The zero-order chi connectivity index (χ0) is 11.5. The standard InChI is InChI=1S/C12H12ClNO2/c1-8(15)6-11-7-14-12(16-11)9-2-4-10(13)5-3-9/h2-5,7-8,15H,6H2,1H3. The molecule has 1 aromatic carbocycles. The van der Waals surface area contributed by atoms with Gasteiger partial charge < -0.3 is 9.52 Å².